The van der Waals surface area contributed by atoms with Crippen LogP contribution < -0.4 is 5.32 Å². The number of H-pyrrole nitrogens is 1. The largest absolute Gasteiger partial charge is 0.381 e. The van der Waals surface area contributed by atoms with Crippen molar-refractivity contribution in [2.45, 2.75) is 56.9 Å². The molecule has 2 N–H and O–H groups in total. The first-order valence-corrected chi connectivity index (χ1v) is 8.59. The Morgan fingerprint density at radius 3 is 2.73 bits per heavy atom. The van der Waals surface area contributed by atoms with Gasteiger partial charge in [0.25, 0.3) is 0 Å². The summed E-state index contributed by atoms with van der Waals surface area (Å²) in [6.07, 6.45) is 10.5. The molecule has 5 nitrogen and oxygen atoms in total. The van der Waals surface area contributed by atoms with Gasteiger partial charge in [-0.3, -0.25) is 5.10 Å². The first-order chi connectivity index (χ1) is 10.9. The predicted molar refractivity (Wildman–Crippen MR) is 87.2 cm³/mol. The molecular formula is C17H24N4O. The first-order valence-electron chi connectivity index (χ1n) is 8.59. The summed E-state index contributed by atoms with van der Waals surface area (Å²) in [5, 5.41) is 12.7. The van der Waals surface area contributed by atoms with E-state index < -0.39 is 0 Å². The second-order valence-corrected chi connectivity index (χ2v) is 6.56. The smallest absolute Gasteiger partial charge is 0.137 e. The Morgan fingerprint density at radius 2 is 1.91 bits per heavy atom. The van der Waals surface area contributed by atoms with E-state index in [-0.39, 0.29) is 0 Å². The van der Waals surface area contributed by atoms with Crippen molar-refractivity contribution in [1.82, 2.24) is 15.2 Å². The van der Waals surface area contributed by atoms with Gasteiger partial charge in [0.1, 0.15) is 5.82 Å². The van der Waals surface area contributed by atoms with Gasteiger partial charge in [0.15, 0.2) is 0 Å². The quantitative estimate of drug-likeness (QED) is 0.909. The molecule has 1 aliphatic heterocycles. The van der Waals surface area contributed by atoms with Crippen LogP contribution in [0.3, 0.4) is 0 Å². The molecule has 1 saturated carbocycles. The lowest BCUT2D eigenvalue weighted by Crippen LogP contribution is -2.28. The molecule has 0 bridgehead atoms. The minimum absolute atomic E-state index is 0.459. The van der Waals surface area contributed by atoms with E-state index in [1.165, 1.54) is 43.2 Å². The van der Waals surface area contributed by atoms with Crippen LogP contribution in [0.4, 0.5) is 5.82 Å². The summed E-state index contributed by atoms with van der Waals surface area (Å²) >= 11 is 0. The summed E-state index contributed by atoms with van der Waals surface area (Å²) in [4.78, 5) is 4.62. The molecule has 2 fully saturated rings. The molecule has 22 heavy (non-hydrogen) atoms. The van der Waals surface area contributed by atoms with Crippen molar-refractivity contribution >= 4 is 16.7 Å². The molecule has 2 aromatic heterocycles. The van der Waals surface area contributed by atoms with Crippen LogP contribution in [0, 0.1) is 0 Å². The Morgan fingerprint density at radius 1 is 1.09 bits per heavy atom. The van der Waals surface area contributed by atoms with Crippen LogP contribution in [0.25, 0.3) is 10.9 Å². The third-order valence-corrected chi connectivity index (χ3v) is 5.06. The summed E-state index contributed by atoms with van der Waals surface area (Å²) < 4.78 is 5.45. The fraction of sp³-hybridized carbons (Fsp3) is 0.647. The number of fused-ring (bicyclic) bond motifs is 1. The van der Waals surface area contributed by atoms with Crippen LogP contribution in [0.2, 0.25) is 0 Å². The fourth-order valence-corrected chi connectivity index (χ4v) is 3.81. The summed E-state index contributed by atoms with van der Waals surface area (Å²) in [5.74, 6) is 1.58. The minimum atomic E-state index is 0.459. The molecule has 3 heterocycles. The highest BCUT2D eigenvalue weighted by Crippen LogP contribution is 2.37. The zero-order valence-corrected chi connectivity index (χ0v) is 13.0. The van der Waals surface area contributed by atoms with E-state index in [2.05, 4.69) is 20.5 Å². The van der Waals surface area contributed by atoms with Crippen molar-refractivity contribution in [2.24, 2.45) is 0 Å². The second-order valence-electron chi connectivity index (χ2n) is 6.56. The molecule has 0 atom stereocenters. The van der Waals surface area contributed by atoms with E-state index in [4.69, 9.17) is 4.74 Å². The molecule has 2 aliphatic rings. The van der Waals surface area contributed by atoms with Gasteiger partial charge in [0.2, 0.25) is 0 Å². The minimum Gasteiger partial charge on any atom is -0.381 e. The highest BCUT2D eigenvalue weighted by atomic mass is 16.5. The number of ether oxygens (including phenoxy) is 1. The van der Waals surface area contributed by atoms with Gasteiger partial charge in [-0.2, -0.15) is 5.10 Å². The van der Waals surface area contributed by atoms with E-state index in [0.717, 1.165) is 37.4 Å². The third-order valence-electron chi connectivity index (χ3n) is 5.06. The van der Waals surface area contributed by atoms with E-state index in [9.17, 15) is 0 Å². The lowest BCUT2D eigenvalue weighted by Gasteiger charge is -2.25. The fourth-order valence-electron chi connectivity index (χ4n) is 3.81. The van der Waals surface area contributed by atoms with Gasteiger partial charge in [0, 0.05) is 31.4 Å². The van der Waals surface area contributed by atoms with Gasteiger partial charge >= 0.3 is 0 Å². The molecule has 0 radical (unpaired) electrons. The number of nitrogens with one attached hydrogen (secondary N) is 2. The number of aromatic amines is 1. The maximum atomic E-state index is 5.45. The normalized spacial score (nSPS) is 21.3. The van der Waals surface area contributed by atoms with Crippen LogP contribution >= 0.6 is 0 Å². The lowest BCUT2D eigenvalue weighted by atomic mass is 9.86. The van der Waals surface area contributed by atoms with Crippen LogP contribution in [-0.2, 0) is 4.74 Å². The highest BCUT2D eigenvalue weighted by molar-refractivity contribution is 5.92. The first kappa shape index (κ1) is 14.0. The van der Waals surface area contributed by atoms with E-state index in [0.29, 0.717) is 12.0 Å². The topological polar surface area (TPSA) is 62.8 Å². The number of hydrogen-bond acceptors (Lipinski definition) is 4. The summed E-state index contributed by atoms with van der Waals surface area (Å²) in [6, 6.07) is 2.49. The van der Waals surface area contributed by atoms with E-state index >= 15 is 0 Å². The number of anilines is 1. The van der Waals surface area contributed by atoms with Crippen LogP contribution in [0.1, 0.15) is 56.6 Å². The Balaban J connectivity index is 1.66. The van der Waals surface area contributed by atoms with Crippen LogP contribution in [0.15, 0.2) is 12.3 Å². The highest BCUT2D eigenvalue weighted by Gasteiger charge is 2.23. The maximum Gasteiger partial charge on any atom is 0.137 e. The molecule has 0 unspecified atom stereocenters. The van der Waals surface area contributed by atoms with Crippen LogP contribution in [0.5, 0.6) is 0 Å². The molecule has 0 spiro atoms. The van der Waals surface area contributed by atoms with Gasteiger partial charge in [0.05, 0.1) is 16.6 Å². The monoisotopic (exact) mass is 300 g/mol. The van der Waals surface area contributed by atoms with Gasteiger partial charge in [-0.25, -0.2) is 4.98 Å². The zero-order chi connectivity index (χ0) is 14.8. The van der Waals surface area contributed by atoms with Crippen molar-refractivity contribution in [1.29, 1.82) is 0 Å². The van der Waals surface area contributed by atoms with Crippen molar-refractivity contribution in [2.75, 3.05) is 18.5 Å². The number of nitrogens with zero attached hydrogens (tertiary/aromatic N) is 2. The number of pyridine rings is 1. The summed E-state index contributed by atoms with van der Waals surface area (Å²) in [6.45, 7) is 1.68. The molecular weight excluding hydrogens is 276 g/mol. The molecule has 0 aromatic carbocycles. The lowest BCUT2D eigenvalue weighted by molar-refractivity contribution is 0.0904. The maximum absolute atomic E-state index is 5.45. The van der Waals surface area contributed by atoms with Gasteiger partial charge < -0.3 is 10.1 Å². The Bertz CT molecular complexity index is 627. The number of rotatable bonds is 3. The average molecular weight is 300 g/mol. The average Bonchev–Trinajstić information content (AvgIpc) is 3.02. The van der Waals surface area contributed by atoms with Crippen LogP contribution in [-0.4, -0.2) is 34.4 Å². The summed E-state index contributed by atoms with van der Waals surface area (Å²) in [5.41, 5.74) is 2.32. The van der Waals surface area contributed by atoms with Crippen molar-refractivity contribution in [3.05, 3.63) is 18.0 Å². The Hall–Kier alpha value is -1.62. The summed E-state index contributed by atoms with van der Waals surface area (Å²) in [7, 11) is 0. The van der Waals surface area contributed by atoms with Crippen molar-refractivity contribution in [3.8, 4) is 0 Å². The molecule has 1 saturated heterocycles. The van der Waals surface area contributed by atoms with Gasteiger partial charge in [-0.15, -0.1) is 0 Å². The molecule has 1 aliphatic carbocycles. The van der Waals surface area contributed by atoms with Gasteiger partial charge in [-0.05, 0) is 31.7 Å². The molecule has 4 rings (SSSR count). The molecule has 118 valence electrons. The van der Waals surface area contributed by atoms with E-state index in [1.54, 1.807) is 0 Å². The molecule has 2 aromatic rings. The molecule has 0 amide bonds. The Kier molecular flexibility index (Phi) is 3.97. The third kappa shape index (κ3) is 2.70. The second kappa shape index (κ2) is 6.24. The standard InChI is InChI=1S/C17H24N4O/c1-2-4-12(5-3-1)16-15-14(20-21-16)6-9-18-17(15)19-13-7-10-22-11-8-13/h6,9,12-13H,1-5,7-8,10-11H2,(H,18,19)(H,20,21). The Labute approximate surface area is 130 Å². The molecule has 5 heteroatoms. The van der Waals surface area contributed by atoms with Crippen molar-refractivity contribution in [3.63, 3.8) is 0 Å². The number of hydrogen-bond donors (Lipinski definition) is 2. The zero-order valence-electron chi connectivity index (χ0n) is 13.0. The SMILES string of the molecule is c1cc2[nH]nc(C3CCCCC3)c2c(NC2CCOCC2)n1. The number of aromatic nitrogens is 3. The van der Waals surface area contributed by atoms with Crippen molar-refractivity contribution < 1.29 is 4.74 Å². The predicted octanol–water partition coefficient (Wildman–Crippen LogP) is 3.60. The van der Waals surface area contributed by atoms with Gasteiger partial charge in [-0.1, -0.05) is 19.3 Å². The van der Waals surface area contributed by atoms with E-state index in [1.807, 2.05) is 12.3 Å².